The Bertz CT molecular complexity index is 1550. The summed E-state index contributed by atoms with van der Waals surface area (Å²) in [4.78, 5) is 43.5. The fraction of sp³-hybridized carbons (Fsp3) is 0.500. The number of pyridine rings is 1. The maximum atomic E-state index is 11.6. The minimum absolute atomic E-state index is 0.0530. The molecule has 2 aromatic heterocycles. The number of amides is 1. The number of carbonyl (C=O) groups is 2. The first-order valence-electron chi connectivity index (χ1n) is 16.3. The lowest BCUT2D eigenvalue weighted by Crippen LogP contribution is -2.47. The van der Waals surface area contributed by atoms with Gasteiger partial charge in [0.15, 0.2) is 5.75 Å². The molecule has 4 atom stereocenters. The lowest BCUT2D eigenvalue weighted by atomic mass is 10.1. The van der Waals surface area contributed by atoms with E-state index in [9.17, 15) is 9.59 Å². The van der Waals surface area contributed by atoms with Crippen LogP contribution in [0.1, 0.15) is 38.7 Å². The van der Waals surface area contributed by atoms with Gasteiger partial charge in [0.1, 0.15) is 0 Å². The minimum Gasteiger partial charge on any atom is -0.481 e. The van der Waals surface area contributed by atoms with Gasteiger partial charge in [0.2, 0.25) is 17.7 Å². The molecule has 1 aromatic carbocycles. The molecule has 6 rings (SSSR count). The van der Waals surface area contributed by atoms with Crippen molar-refractivity contribution in [3.05, 3.63) is 58.3 Å². The summed E-state index contributed by atoms with van der Waals surface area (Å²) in [7, 11) is 0. The van der Waals surface area contributed by atoms with E-state index in [2.05, 4.69) is 36.1 Å². The van der Waals surface area contributed by atoms with Crippen molar-refractivity contribution in [2.75, 3.05) is 50.7 Å². The molecule has 2 aliphatic heterocycles. The van der Waals surface area contributed by atoms with Gasteiger partial charge in [0, 0.05) is 67.4 Å². The number of hydrogen-bond acceptors (Lipinski definition) is 9. The van der Waals surface area contributed by atoms with Gasteiger partial charge in [-0.2, -0.15) is 0 Å². The highest BCUT2D eigenvalue weighted by Crippen LogP contribution is 2.46. The number of aliphatic carboxylic acids is 1. The number of ether oxygens (including phenoxy) is 1. The molecule has 0 radical (unpaired) electrons. The number of fused-ring (bicyclic) bond motifs is 1. The van der Waals surface area contributed by atoms with Gasteiger partial charge >= 0.3 is 5.97 Å². The molecular formula is C34H41Cl2N7O4. The fourth-order valence-electron chi connectivity index (χ4n) is 6.74. The number of aromatic nitrogens is 3. The van der Waals surface area contributed by atoms with E-state index in [1.54, 1.807) is 32.3 Å². The molecule has 2 saturated heterocycles. The van der Waals surface area contributed by atoms with Gasteiger partial charge in [-0.15, -0.1) is 0 Å². The smallest absolute Gasteiger partial charge is 0.306 e. The van der Waals surface area contributed by atoms with Crippen molar-refractivity contribution in [2.24, 2.45) is 17.8 Å². The van der Waals surface area contributed by atoms with Crippen molar-refractivity contribution in [3.63, 3.8) is 0 Å². The first-order chi connectivity index (χ1) is 22.6. The van der Waals surface area contributed by atoms with E-state index in [-0.39, 0.29) is 11.8 Å². The molecule has 0 spiro atoms. The van der Waals surface area contributed by atoms with Crippen molar-refractivity contribution in [1.82, 2.24) is 30.1 Å². The summed E-state index contributed by atoms with van der Waals surface area (Å²) in [5.41, 5.74) is 2.56. The fourth-order valence-corrected chi connectivity index (χ4v) is 7.27. The van der Waals surface area contributed by atoms with Gasteiger partial charge in [0.05, 0.1) is 24.0 Å². The van der Waals surface area contributed by atoms with E-state index >= 15 is 0 Å². The van der Waals surface area contributed by atoms with Crippen molar-refractivity contribution < 1.29 is 19.4 Å². The van der Waals surface area contributed by atoms with Crippen LogP contribution in [-0.2, 0) is 16.1 Å². The lowest BCUT2D eigenvalue weighted by Gasteiger charge is -2.34. The number of likely N-dealkylation sites (tertiary alicyclic amines) is 1. The lowest BCUT2D eigenvalue weighted by molar-refractivity contribution is -0.141. The second-order valence-electron chi connectivity index (χ2n) is 12.9. The SMILES string of the molecule is CC(=O)NC1[C@H]2CCN(Cc3cc(Oc4cnc(N5CCN(CCC(C)C(=O)O)CC5)nc4)nc(-c4cc(Cl)cc(Cl)c4)c3)CC[C@@H]12. The first-order valence-corrected chi connectivity index (χ1v) is 17.0. The van der Waals surface area contributed by atoms with Crippen molar-refractivity contribution in [3.8, 4) is 22.9 Å². The first kappa shape index (κ1) is 33.4. The van der Waals surface area contributed by atoms with E-state index in [1.165, 1.54) is 0 Å². The number of piperazine rings is 1. The molecule has 3 aliphatic rings. The van der Waals surface area contributed by atoms with Crippen molar-refractivity contribution in [1.29, 1.82) is 0 Å². The number of rotatable bonds is 11. The Hall–Kier alpha value is -3.51. The van der Waals surface area contributed by atoms with Crippen LogP contribution in [0, 0.1) is 17.8 Å². The summed E-state index contributed by atoms with van der Waals surface area (Å²) in [6.07, 6.45) is 6.09. The topological polar surface area (TPSA) is 124 Å². The average molecular weight is 683 g/mol. The number of nitrogens with one attached hydrogen (secondary N) is 1. The molecule has 2 N–H and O–H groups in total. The molecule has 2 unspecified atom stereocenters. The van der Waals surface area contributed by atoms with E-state index in [0.29, 0.717) is 57.6 Å². The summed E-state index contributed by atoms with van der Waals surface area (Å²) in [6, 6.07) is 9.72. The molecule has 0 bridgehead atoms. The van der Waals surface area contributed by atoms with E-state index in [0.717, 1.165) is 76.3 Å². The largest absolute Gasteiger partial charge is 0.481 e. The Morgan fingerprint density at radius 2 is 1.62 bits per heavy atom. The minimum atomic E-state index is -0.751. The highest BCUT2D eigenvalue weighted by atomic mass is 35.5. The van der Waals surface area contributed by atoms with Crippen LogP contribution in [0.15, 0.2) is 42.7 Å². The van der Waals surface area contributed by atoms with Crippen LogP contribution >= 0.6 is 23.2 Å². The van der Waals surface area contributed by atoms with Gasteiger partial charge < -0.3 is 20.1 Å². The Kier molecular flexibility index (Phi) is 10.5. The number of carboxylic acid groups (broad SMARTS) is 1. The molecule has 250 valence electrons. The second-order valence-corrected chi connectivity index (χ2v) is 13.8. The van der Waals surface area contributed by atoms with Gasteiger partial charge in [-0.05, 0) is 80.6 Å². The molecule has 4 heterocycles. The average Bonchev–Trinajstić information content (AvgIpc) is 3.74. The maximum absolute atomic E-state index is 11.6. The summed E-state index contributed by atoms with van der Waals surface area (Å²) in [6.45, 7) is 9.95. The van der Waals surface area contributed by atoms with Crippen LogP contribution in [-0.4, -0.2) is 93.6 Å². The third-order valence-corrected chi connectivity index (χ3v) is 9.91. The molecule has 1 saturated carbocycles. The van der Waals surface area contributed by atoms with Crippen LogP contribution in [0.25, 0.3) is 11.3 Å². The van der Waals surface area contributed by atoms with Crippen LogP contribution < -0.4 is 15.0 Å². The summed E-state index contributed by atoms with van der Waals surface area (Å²) in [5, 5.41) is 13.3. The van der Waals surface area contributed by atoms with E-state index < -0.39 is 5.97 Å². The summed E-state index contributed by atoms with van der Waals surface area (Å²) in [5.74, 6) is 1.62. The Labute approximate surface area is 285 Å². The van der Waals surface area contributed by atoms with Crippen LogP contribution in [0.3, 0.4) is 0 Å². The summed E-state index contributed by atoms with van der Waals surface area (Å²) >= 11 is 12.7. The molecule has 3 aromatic rings. The quantitative estimate of drug-likeness (QED) is 0.279. The molecule has 47 heavy (non-hydrogen) atoms. The highest BCUT2D eigenvalue weighted by molar-refractivity contribution is 6.35. The Morgan fingerprint density at radius 1 is 0.957 bits per heavy atom. The van der Waals surface area contributed by atoms with Crippen LogP contribution in [0.5, 0.6) is 11.6 Å². The van der Waals surface area contributed by atoms with E-state index in [1.807, 2.05) is 18.2 Å². The number of benzene rings is 1. The van der Waals surface area contributed by atoms with Gasteiger partial charge in [-0.25, -0.2) is 15.0 Å². The summed E-state index contributed by atoms with van der Waals surface area (Å²) < 4.78 is 6.23. The highest BCUT2D eigenvalue weighted by Gasteiger charge is 2.50. The Balaban J connectivity index is 1.12. The zero-order chi connectivity index (χ0) is 33.1. The molecule has 1 amide bonds. The van der Waals surface area contributed by atoms with Gasteiger partial charge in [-0.3, -0.25) is 19.4 Å². The number of hydrogen-bond donors (Lipinski definition) is 2. The molecule has 1 aliphatic carbocycles. The van der Waals surface area contributed by atoms with Crippen molar-refractivity contribution in [2.45, 2.75) is 45.7 Å². The predicted molar refractivity (Wildman–Crippen MR) is 181 cm³/mol. The van der Waals surface area contributed by atoms with Crippen LogP contribution in [0.4, 0.5) is 5.95 Å². The standard InChI is InChI=1S/C34H41Cl2N7O4/c1-21(33(45)46)3-6-41-9-11-43(12-10-41)34-37-18-27(19-38-34)47-31-14-23(13-30(40-31)24-15-25(35)17-26(36)16-24)20-42-7-4-28-29(5-8-42)32(28)39-22(2)44/h13-19,21,28-29,32H,3-12,20H2,1-2H3,(H,39,44)(H,45,46)/t21?,28-,29+,32?. The van der Waals surface area contributed by atoms with Gasteiger partial charge in [0.25, 0.3) is 0 Å². The zero-order valence-corrected chi connectivity index (χ0v) is 28.3. The monoisotopic (exact) mass is 681 g/mol. The number of carboxylic acids is 1. The normalized spacial score (nSPS) is 22.2. The molecule has 11 nitrogen and oxygen atoms in total. The number of nitrogens with zero attached hydrogens (tertiary/aromatic N) is 6. The number of carbonyl (C=O) groups excluding carboxylic acids is 1. The zero-order valence-electron chi connectivity index (χ0n) is 26.7. The molecule has 13 heteroatoms. The maximum Gasteiger partial charge on any atom is 0.306 e. The van der Waals surface area contributed by atoms with Crippen molar-refractivity contribution >= 4 is 41.0 Å². The number of halogens is 2. The van der Waals surface area contributed by atoms with E-state index in [4.69, 9.17) is 38.0 Å². The Morgan fingerprint density at radius 3 is 2.23 bits per heavy atom. The third kappa shape index (κ3) is 8.70. The number of anilines is 1. The van der Waals surface area contributed by atoms with Gasteiger partial charge in [-0.1, -0.05) is 30.1 Å². The van der Waals surface area contributed by atoms with Crippen LogP contribution in [0.2, 0.25) is 10.0 Å². The molecular weight excluding hydrogens is 641 g/mol. The second kappa shape index (κ2) is 14.7. The predicted octanol–water partition coefficient (Wildman–Crippen LogP) is 5.22. The third-order valence-electron chi connectivity index (χ3n) is 9.48. The molecule has 3 fully saturated rings.